The minimum atomic E-state index is 0.235. The molecule has 3 heterocycles. The maximum absolute atomic E-state index is 12.3. The highest BCUT2D eigenvalue weighted by atomic mass is 32.1. The topological polar surface area (TPSA) is 51.0 Å². The van der Waals surface area contributed by atoms with Crippen molar-refractivity contribution in [2.24, 2.45) is 0 Å². The first-order valence-corrected chi connectivity index (χ1v) is 8.37. The Bertz CT molecular complexity index is 605. The molecule has 0 radical (unpaired) electrons. The van der Waals surface area contributed by atoms with Gasteiger partial charge in [0, 0.05) is 30.8 Å². The van der Waals surface area contributed by atoms with Crippen LogP contribution in [0.2, 0.25) is 0 Å². The lowest BCUT2D eigenvalue weighted by atomic mass is 10.2. The number of nitrogens with zero attached hydrogens (tertiary/aromatic N) is 4. The third kappa shape index (κ3) is 3.15. The summed E-state index contributed by atoms with van der Waals surface area (Å²) in [7, 11) is 0. The van der Waals surface area contributed by atoms with Gasteiger partial charge < -0.3 is 9.47 Å². The Morgan fingerprint density at radius 3 is 3.05 bits per heavy atom. The van der Waals surface area contributed by atoms with E-state index in [0.29, 0.717) is 13.0 Å². The van der Waals surface area contributed by atoms with Crippen molar-refractivity contribution in [3.8, 4) is 0 Å². The van der Waals surface area contributed by atoms with Crippen molar-refractivity contribution in [1.29, 1.82) is 0 Å². The van der Waals surface area contributed by atoms with Crippen LogP contribution in [-0.2, 0) is 30.7 Å². The first-order chi connectivity index (χ1) is 10.3. The van der Waals surface area contributed by atoms with E-state index in [9.17, 15) is 4.79 Å². The van der Waals surface area contributed by atoms with Gasteiger partial charge in [-0.1, -0.05) is 13.0 Å². The number of carbonyl (C=O) groups is 1. The van der Waals surface area contributed by atoms with E-state index in [4.69, 9.17) is 0 Å². The summed E-state index contributed by atoms with van der Waals surface area (Å²) in [5.74, 6) is 2.18. The second-order valence-corrected chi connectivity index (χ2v) is 6.32. The molecule has 0 atom stereocenters. The lowest BCUT2D eigenvalue weighted by molar-refractivity contribution is -0.132. The molecule has 0 saturated heterocycles. The Balaban J connectivity index is 1.52. The summed E-state index contributed by atoms with van der Waals surface area (Å²) in [5, 5.41) is 10.5. The molecule has 2 aromatic rings. The van der Waals surface area contributed by atoms with Gasteiger partial charge in [0.25, 0.3) is 0 Å². The number of hydrogen-bond donors (Lipinski definition) is 0. The van der Waals surface area contributed by atoms with Crippen LogP contribution in [0, 0.1) is 0 Å². The van der Waals surface area contributed by atoms with Gasteiger partial charge in [0.2, 0.25) is 5.91 Å². The van der Waals surface area contributed by atoms with Crippen LogP contribution < -0.4 is 0 Å². The molecule has 0 N–H and O–H groups in total. The fraction of sp³-hybridized carbons (Fsp3) is 0.533. The minimum absolute atomic E-state index is 0.235. The Morgan fingerprint density at radius 2 is 2.29 bits per heavy atom. The number of amides is 1. The molecule has 2 aromatic heterocycles. The second kappa shape index (κ2) is 6.39. The van der Waals surface area contributed by atoms with Crippen molar-refractivity contribution in [2.45, 2.75) is 45.7 Å². The zero-order chi connectivity index (χ0) is 14.7. The highest BCUT2D eigenvalue weighted by Crippen LogP contribution is 2.16. The maximum atomic E-state index is 12.3. The fourth-order valence-electron chi connectivity index (χ4n) is 2.72. The number of aryl methyl sites for hydroxylation is 2. The summed E-state index contributed by atoms with van der Waals surface area (Å²) < 4.78 is 2.15. The SMILES string of the molecule is CCc1nnc2n1CCN(C(=O)CCCc1cccs1)C2. The Labute approximate surface area is 128 Å². The molecule has 1 aliphatic heterocycles. The summed E-state index contributed by atoms with van der Waals surface area (Å²) in [6, 6.07) is 4.19. The zero-order valence-corrected chi connectivity index (χ0v) is 13.1. The molecule has 1 amide bonds. The fourth-order valence-corrected chi connectivity index (χ4v) is 3.47. The molecule has 0 bridgehead atoms. The standard InChI is InChI=1S/C15H20N4OS/c1-2-13-16-17-14-11-18(8-9-19(13)14)15(20)7-3-5-12-6-4-10-21-12/h4,6,10H,2-3,5,7-9,11H2,1H3. The molecule has 3 rings (SSSR count). The summed E-state index contributed by atoms with van der Waals surface area (Å²) in [6.45, 7) is 4.28. The molecule has 0 spiro atoms. The first-order valence-electron chi connectivity index (χ1n) is 7.49. The highest BCUT2D eigenvalue weighted by molar-refractivity contribution is 7.09. The molecule has 0 fully saturated rings. The van der Waals surface area contributed by atoms with Gasteiger partial charge in [-0.2, -0.15) is 0 Å². The molecule has 0 saturated carbocycles. The Hall–Kier alpha value is -1.69. The smallest absolute Gasteiger partial charge is 0.223 e. The van der Waals surface area contributed by atoms with E-state index in [1.807, 2.05) is 4.90 Å². The van der Waals surface area contributed by atoms with Crippen molar-refractivity contribution < 1.29 is 4.79 Å². The van der Waals surface area contributed by atoms with Crippen LogP contribution in [0.3, 0.4) is 0 Å². The third-order valence-electron chi connectivity index (χ3n) is 3.89. The largest absolute Gasteiger partial charge is 0.333 e. The second-order valence-electron chi connectivity index (χ2n) is 5.29. The molecular formula is C15H20N4OS. The van der Waals surface area contributed by atoms with Crippen LogP contribution in [0.4, 0.5) is 0 Å². The van der Waals surface area contributed by atoms with Crippen LogP contribution in [-0.4, -0.2) is 32.1 Å². The summed E-state index contributed by atoms with van der Waals surface area (Å²) >= 11 is 1.76. The minimum Gasteiger partial charge on any atom is -0.333 e. The van der Waals surface area contributed by atoms with Crippen molar-refractivity contribution >= 4 is 17.2 Å². The molecule has 0 aliphatic carbocycles. The molecule has 6 heteroatoms. The molecular weight excluding hydrogens is 284 g/mol. The van der Waals surface area contributed by atoms with Crippen molar-refractivity contribution in [3.63, 3.8) is 0 Å². The number of carbonyl (C=O) groups excluding carboxylic acids is 1. The van der Waals surface area contributed by atoms with Gasteiger partial charge in [-0.25, -0.2) is 0 Å². The molecule has 0 unspecified atom stereocenters. The van der Waals surface area contributed by atoms with E-state index >= 15 is 0 Å². The van der Waals surface area contributed by atoms with Crippen LogP contribution in [0.5, 0.6) is 0 Å². The number of hydrogen-bond acceptors (Lipinski definition) is 4. The average molecular weight is 304 g/mol. The summed E-state index contributed by atoms with van der Waals surface area (Å²) in [5.41, 5.74) is 0. The molecule has 0 aromatic carbocycles. The van der Waals surface area contributed by atoms with E-state index in [2.05, 4.69) is 39.2 Å². The summed E-state index contributed by atoms with van der Waals surface area (Å²) in [6.07, 6.45) is 3.42. The molecule has 21 heavy (non-hydrogen) atoms. The number of rotatable bonds is 5. The molecule has 112 valence electrons. The van der Waals surface area contributed by atoms with Crippen LogP contribution in [0.1, 0.15) is 36.3 Å². The maximum Gasteiger partial charge on any atom is 0.223 e. The number of fused-ring (bicyclic) bond motifs is 1. The van der Waals surface area contributed by atoms with Crippen molar-refractivity contribution in [2.75, 3.05) is 6.54 Å². The quantitative estimate of drug-likeness (QED) is 0.851. The van der Waals surface area contributed by atoms with Crippen molar-refractivity contribution in [1.82, 2.24) is 19.7 Å². The lowest BCUT2D eigenvalue weighted by Crippen LogP contribution is -2.38. The van der Waals surface area contributed by atoms with E-state index in [-0.39, 0.29) is 5.91 Å². The van der Waals surface area contributed by atoms with Crippen LogP contribution in [0.25, 0.3) is 0 Å². The molecule has 5 nitrogen and oxygen atoms in total. The van der Waals surface area contributed by atoms with E-state index < -0.39 is 0 Å². The van der Waals surface area contributed by atoms with Gasteiger partial charge >= 0.3 is 0 Å². The monoisotopic (exact) mass is 304 g/mol. The lowest BCUT2D eigenvalue weighted by Gasteiger charge is -2.27. The van der Waals surface area contributed by atoms with Gasteiger partial charge in [-0.15, -0.1) is 21.5 Å². The highest BCUT2D eigenvalue weighted by Gasteiger charge is 2.23. The summed E-state index contributed by atoms with van der Waals surface area (Å²) in [4.78, 5) is 15.6. The zero-order valence-electron chi connectivity index (χ0n) is 12.3. The first kappa shape index (κ1) is 14.3. The Morgan fingerprint density at radius 1 is 1.38 bits per heavy atom. The van der Waals surface area contributed by atoms with Gasteiger partial charge in [0.05, 0.1) is 6.54 Å². The van der Waals surface area contributed by atoms with Gasteiger partial charge in [-0.05, 0) is 24.3 Å². The number of aromatic nitrogens is 3. The third-order valence-corrected chi connectivity index (χ3v) is 4.83. The van der Waals surface area contributed by atoms with Crippen LogP contribution >= 0.6 is 11.3 Å². The van der Waals surface area contributed by atoms with E-state index in [1.165, 1.54) is 4.88 Å². The predicted molar refractivity (Wildman–Crippen MR) is 82.1 cm³/mol. The molecule has 1 aliphatic rings. The van der Waals surface area contributed by atoms with E-state index in [0.717, 1.165) is 44.0 Å². The normalized spacial score (nSPS) is 14.2. The van der Waals surface area contributed by atoms with Crippen molar-refractivity contribution in [3.05, 3.63) is 34.0 Å². The predicted octanol–water partition coefficient (Wildman–Crippen LogP) is 2.27. The Kier molecular flexibility index (Phi) is 4.34. The van der Waals surface area contributed by atoms with E-state index in [1.54, 1.807) is 11.3 Å². The number of thiophene rings is 1. The van der Waals surface area contributed by atoms with Crippen LogP contribution in [0.15, 0.2) is 17.5 Å². The van der Waals surface area contributed by atoms with Gasteiger partial charge in [0.15, 0.2) is 5.82 Å². The average Bonchev–Trinajstić information content (AvgIpc) is 3.15. The van der Waals surface area contributed by atoms with Gasteiger partial charge in [-0.3, -0.25) is 4.79 Å². The van der Waals surface area contributed by atoms with Gasteiger partial charge in [0.1, 0.15) is 5.82 Å².